The number of hydrogen-bond acceptors (Lipinski definition) is 2. The summed E-state index contributed by atoms with van der Waals surface area (Å²) >= 11 is 18.4. The van der Waals surface area contributed by atoms with Gasteiger partial charge in [-0.15, -0.1) is 11.6 Å². The van der Waals surface area contributed by atoms with E-state index in [0.29, 0.717) is 22.4 Å². The smallest absolute Gasteiger partial charge is 0.197 e. The number of hydrogen-bond donors (Lipinski definition) is 0. The molecule has 1 heterocycles. The van der Waals surface area contributed by atoms with Gasteiger partial charge in [0, 0.05) is 16.5 Å². The minimum Gasteiger partial charge on any atom is -0.441 e. The van der Waals surface area contributed by atoms with E-state index in [0.717, 1.165) is 16.7 Å². The number of fused-ring (bicyclic) bond motifs is 1. The molecule has 0 spiro atoms. The van der Waals surface area contributed by atoms with Crippen LogP contribution in [0.2, 0.25) is 10.0 Å². The van der Waals surface area contributed by atoms with Gasteiger partial charge in [0.15, 0.2) is 11.5 Å². The van der Waals surface area contributed by atoms with Gasteiger partial charge in [-0.05, 0) is 35.9 Å². The predicted octanol–water partition coefficient (Wildman–Crippen LogP) is 5.66. The second kappa shape index (κ2) is 5.65. The third kappa shape index (κ3) is 2.93. The highest BCUT2D eigenvalue weighted by Crippen LogP contribution is 2.30. The molecule has 0 aliphatic carbocycles. The van der Waals surface area contributed by atoms with Crippen molar-refractivity contribution in [2.45, 2.75) is 11.8 Å². The van der Waals surface area contributed by atoms with Crippen molar-refractivity contribution in [3.05, 3.63) is 64.0 Å². The average Bonchev–Trinajstić information content (AvgIpc) is 2.79. The standard InChI is InChI=1S/C15H10Cl3NO/c16-10-5-9(6-11(17)7-10)12(18)8-15-19-13-3-1-2-4-14(13)20-15/h1-7,12H,8H2. The Morgan fingerprint density at radius 2 is 1.75 bits per heavy atom. The molecule has 3 aromatic rings. The maximum Gasteiger partial charge on any atom is 0.197 e. The summed E-state index contributed by atoms with van der Waals surface area (Å²) in [7, 11) is 0. The summed E-state index contributed by atoms with van der Waals surface area (Å²) in [5, 5.41) is 0.839. The zero-order valence-corrected chi connectivity index (χ0v) is 12.6. The Balaban J connectivity index is 1.86. The summed E-state index contributed by atoms with van der Waals surface area (Å²) in [5.41, 5.74) is 2.44. The van der Waals surface area contributed by atoms with Crippen molar-refractivity contribution >= 4 is 45.9 Å². The van der Waals surface area contributed by atoms with Crippen molar-refractivity contribution in [2.24, 2.45) is 0 Å². The Labute approximate surface area is 131 Å². The van der Waals surface area contributed by atoms with E-state index in [2.05, 4.69) is 4.98 Å². The highest BCUT2D eigenvalue weighted by Gasteiger charge is 2.15. The van der Waals surface area contributed by atoms with Gasteiger partial charge in [-0.25, -0.2) is 4.98 Å². The molecular formula is C15H10Cl3NO. The predicted molar refractivity (Wildman–Crippen MR) is 82.8 cm³/mol. The first-order valence-corrected chi connectivity index (χ1v) is 7.25. The molecule has 5 heteroatoms. The molecule has 1 unspecified atom stereocenters. The van der Waals surface area contributed by atoms with Gasteiger partial charge in [-0.1, -0.05) is 35.3 Å². The number of alkyl halides is 1. The minimum absolute atomic E-state index is 0.292. The molecule has 0 N–H and O–H groups in total. The molecular weight excluding hydrogens is 317 g/mol. The van der Waals surface area contributed by atoms with Gasteiger partial charge in [0.1, 0.15) is 5.52 Å². The molecule has 0 radical (unpaired) electrons. The topological polar surface area (TPSA) is 26.0 Å². The molecule has 102 valence electrons. The van der Waals surface area contributed by atoms with Crippen molar-refractivity contribution < 1.29 is 4.42 Å². The first-order chi connectivity index (χ1) is 9.61. The third-order valence-electron chi connectivity index (χ3n) is 2.94. The maximum absolute atomic E-state index is 6.39. The number of halogens is 3. The SMILES string of the molecule is Clc1cc(Cl)cc(C(Cl)Cc2nc3ccccc3o2)c1. The molecule has 0 aliphatic rings. The average molecular weight is 327 g/mol. The van der Waals surface area contributed by atoms with Crippen LogP contribution in [0.5, 0.6) is 0 Å². The zero-order valence-electron chi connectivity index (χ0n) is 10.3. The number of oxazole rings is 1. The highest BCUT2D eigenvalue weighted by molar-refractivity contribution is 6.35. The van der Waals surface area contributed by atoms with E-state index < -0.39 is 0 Å². The van der Waals surface area contributed by atoms with Crippen LogP contribution in [0.4, 0.5) is 0 Å². The third-order valence-corrected chi connectivity index (χ3v) is 3.78. The largest absolute Gasteiger partial charge is 0.441 e. The number of rotatable bonds is 3. The Kier molecular flexibility index (Phi) is 3.88. The lowest BCUT2D eigenvalue weighted by atomic mass is 10.1. The first kappa shape index (κ1) is 13.7. The molecule has 2 nitrogen and oxygen atoms in total. The van der Waals surface area contributed by atoms with Crippen LogP contribution >= 0.6 is 34.8 Å². The molecule has 0 aliphatic heterocycles. The second-order valence-corrected chi connectivity index (χ2v) is 5.85. The monoisotopic (exact) mass is 325 g/mol. The lowest BCUT2D eigenvalue weighted by Crippen LogP contribution is -1.96. The van der Waals surface area contributed by atoms with Crippen LogP contribution in [0.15, 0.2) is 46.9 Å². The van der Waals surface area contributed by atoms with E-state index in [4.69, 9.17) is 39.2 Å². The van der Waals surface area contributed by atoms with Gasteiger partial charge in [0.05, 0.1) is 5.38 Å². The highest BCUT2D eigenvalue weighted by atomic mass is 35.5. The quantitative estimate of drug-likeness (QED) is 0.581. The van der Waals surface area contributed by atoms with Crippen LogP contribution in [0.1, 0.15) is 16.8 Å². The molecule has 0 fully saturated rings. The summed E-state index contributed by atoms with van der Waals surface area (Å²) in [6.07, 6.45) is 0.479. The van der Waals surface area contributed by atoms with Crippen molar-refractivity contribution in [3.8, 4) is 0 Å². The molecule has 20 heavy (non-hydrogen) atoms. The van der Waals surface area contributed by atoms with Gasteiger partial charge >= 0.3 is 0 Å². The fraction of sp³-hybridized carbons (Fsp3) is 0.133. The fourth-order valence-corrected chi connectivity index (χ4v) is 2.84. The van der Waals surface area contributed by atoms with E-state index in [1.165, 1.54) is 0 Å². The molecule has 0 saturated carbocycles. The van der Waals surface area contributed by atoms with Crippen molar-refractivity contribution in [2.75, 3.05) is 0 Å². The van der Waals surface area contributed by atoms with Crippen LogP contribution in [-0.2, 0) is 6.42 Å². The molecule has 0 amide bonds. The first-order valence-electron chi connectivity index (χ1n) is 6.06. The molecule has 0 bridgehead atoms. The Morgan fingerprint density at radius 3 is 2.45 bits per heavy atom. The molecule has 1 atom stereocenters. The van der Waals surface area contributed by atoms with Gasteiger partial charge in [0.25, 0.3) is 0 Å². The van der Waals surface area contributed by atoms with E-state index in [1.54, 1.807) is 18.2 Å². The van der Waals surface area contributed by atoms with Crippen molar-refractivity contribution in [3.63, 3.8) is 0 Å². The lowest BCUT2D eigenvalue weighted by molar-refractivity contribution is 0.525. The summed E-state index contributed by atoms with van der Waals surface area (Å²) in [6, 6.07) is 12.9. The zero-order chi connectivity index (χ0) is 14.1. The number of aromatic nitrogens is 1. The van der Waals surface area contributed by atoms with Crippen LogP contribution in [0, 0.1) is 0 Å². The molecule has 0 saturated heterocycles. The van der Waals surface area contributed by atoms with Gasteiger partial charge in [0.2, 0.25) is 0 Å². The molecule has 1 aromatic heterocycles. The van der Waals surface area contributed by atoms with Crippen LogP contribution in [-0.4, -0.2) is 4.98 Å². The lowest BCUT2D eigenvalue weighted by Gasteiger charge is -2.08. The number of benzene rings is 2. The van der Waals surface area contributed by atoms with E-state index in [1.807, 2.05) is 24.3 Å². The van der Waals surface area contributed by atoms with Crippen LogP contribution < -0.4 is 0 Å². The number of para-hydroxylation sites is 2. The van der Waals surface area contributed by atoms with E-state index >= 15 is 0 Å². The van der Waals surface area contributed by atoms with Crippen LogP contribution in [0.3, 0.4) is 0 Å². The maximum atomic E-state index is 6.39. The summed E-state index contributed by atoms with van der Waals surface area (Å²) in [5.74, 6) is 0.599. The number of nitrogens with zero attached hydrogens (tertiary/aromatic N) is 1. The Morgan fingerprint density at radius 1 is 1.05 bits per heavy atom. The van der Waals surface area contributed by atoms with Gasteiger partial charge in [-0.2, -0.15) is 0 Å². The Hall–Kier alpha value is -1.22. The minimum atomic E-state index is -0.292. The Bertz CT molecular complexity index is 700. The van der Waals surface area contributed by atoms with Gasteiger partial charge in [-0.3, -0.25) is 0 Å². The van der Waals surface area contributed by atoms with Crippen molar-refractivity contribution in [1.82, 2.24) is 4.98 Å². The summed E-state index contributed by atoms with van der Waals surface area (Å²) in [6.45, 7) is 0. The summed E-state index contributed by atoms with van der Waals surface area (Å²) < 4.78 is 5.66. The second-order valence-electron chi connectivity index (χ2n) is 4.45. The van der Waals surface area contributed by atoms with Crippen molar-refractivity contribution in [1.29, 1.82) is 0 Å². The fourth-order valence-electron chi connectivity index (χ4n) is 2.03. The van der Waals surface area contributed by atoms with Crippen LogP contribution in [0.25, 0.3) is 11.1 Å². The van der Waals surface area contributed by atoms with E-state index in [9.17, 15) is 0 Å². The normalized spacial score (nSPS) is 12.8. The molecule has 2 aromatic carbocycles. The van der Waals surface area contributed by atoms with E-state index in [-0.39, 0.29) is 5.38 Å². The summed E-state index contributed by atoms with van der Waals surface area (Å²) in [4.78, 5) is 4.41. The molecule has 3 rings (SSSR count). The van der Waals surface area contributed by atoms with Gasteiger partial charge < -0.3 is 4.42 Å².